The van der Waals surface area contributed by atoms with Crippen LogP contribution in [0.1, 0.15) is 32.5 Å². The van der Waals surface area contributed by atoms with Gasteiger partial charge in [0.15, 0.2) is 0 Å². The Hall–Kier alpha value is -0.950. The molecule has 0 amide bonds. The van der Waals surface area contributed by atoms with Gasteiger partial charge in [-0.25, -0.2) is 4.98 Å². The third kappa shape index (κ3) is 5.26. The number of rotatable bonds is 6. The summed E-state index contributed by atoms with van der Waals surface area (Å²) in [6, 6.07) is 0.494. The second-order valence-corrected chi connectivity index (χ2v) is 8.17. The predicted octanol–water partition coefficient (Wildman–Crippen LogP) is 1.02. The van der Waals surface area contributed by atoms with Crippen LogP contribution < -0.4 is 0 Å². The Morgan fingerprint density at radius 3 is 2.48 bits per heavy atom. The number of aliphatic hydroxyl groups excluding tert-OH is 1. The number of imidazole rings is 1. The van der Waals surface area contributed by atoms with Crippen molar-refractivity contribution in [2.75, 3.05) is 45.8 Å². The smallest absolute Gasteiger partial charge is 0.122 e. The molecule has 3 heterocycles. The number of hydrogen-bond donors (Lipinski definition) is 1. The number of aryl methyl sites for hydroxylation is 1. The molecule has 0 aromatic carbocycles. The number of piperazine rings is 1. The lowest BCUT2D eigenvalue weighted by molar-refractivity contribution is 0.0234. The van der Waals surface area contributed by atoms with Gasteiger partial charge in [0.25, 0.3) is 0 Å². The number of nitrogens with zero attached hydrogens (tertiary/aromatic N) is 5. The van der Waals surface area contributed by atoms with Crippen molar-refractivity contribution >= 4 is 0 Å². The molecule has 3 rings (SSSR count). The van der Waals surface area contributed by atoms with E-state index in [1.54, 1.807) is 0 Å². The fraction of sp³-hybridized carbons (Fsp3) is 0.842. The number of hydrogen-bond acceptors (Lipinski definition) is 5. The highest BCUT2D eigenvalue weighted by atomic mass is 16.3. The van der Waals surface area contributed by atoms with Gasteiger partial charge in [-0.2, -0.15) is 0 Å². The molecule has 0 spiro atoms. The molecule has 6 nitrogen and oxygen atoms in total. The van der Waals surface area contributed by atoms with Gasteiger partial charge in [0.1, 0.15) is 5.82 Å². The number of piperidine rings is 1. The van der Waals surface area contributed by atoms with Crippen LogP contribution in [0, 0.1) is 5.92 Å². The SMILES string of the molecule is CC1CCN(C[C@@H](O)CN2CCN(Cc3nccn3C)[C@@H](C)C2)CC1. The van der Waals surface area contributed by atoms with Crippen LogP contribution in [0.4, 0.5) is 0 Å². The number of β-amino-alcohol motifs (C(OH)–C–C–N with tert-alkyl or cyclic N) is 1. The van der Waals surface area contributed by atoms with Gasteiger partial charge in [-0.15, -0.1) is 0 Å². The van der Waals surface area contributed by atoms with E-state index in [-0.39, 0.29) is 6.10 Å². The van der Waals surface area contributed by atoms with Crippen LogP contribution in [0.2, 0.25) is 0 Å². The van der Waals surface area contributed by atoms with E-state index in [0.717, 1.165) is 64.1 Å². The summed E-state index contributed by atoms with van der Waals surface area (Å²) >= 11 is 0. The third-order valence-electron chi connectivity index (χ3n) is 5.93. The summed E-state index contributed by atoms with van der Waals surface area (Å²) in [5, 5.41) is 10.5. The van der Waals surface area contributed by atoms with Crippen LogP contribution in [0.5, 0.6) is 0 Å². The highest BCUT2D eigenvalue weighted by molar-refractivity contribution is 4.93. The predicted molar refractivity (Wildman–Crippen MR) is 100 cm³/mol. The van der Waals surface area contributed by atoms with Crippen molar-refractivity contribution in [1.82, 2.24) is 24.3 Å². The van der Waals surface area contributed by atoms with E-state index in [0.29, 0.717) is 6.04 Å². The van der Waals surface area contributed by atoms with Crippen LogP contribution in [0.15, 0.2) is 12.4 Å². The van der Waals surface area contributed by atoms with Crippen LogP contribution in [0.3, 0.4) is 0 Å². The third-order valence-corrected chi connectivity index (χ3v) is 5.93. The fourth-order valence-corrected chi connectivity index (χ4v) is 4.10. The van der Waals surface area contributed by atoms with Crippen molar-refractivity contribution in [1.29, 1.82) is 0 Å². The Morgan fingerprint density at radius 1 is 1.12 bits per heavy atom. The molecule has 0 radical (unpaired) electrons. The molecule has 1 aromatic heterocycles. The Kier molecular flexibility index (Phi) is 6.49. The quantitative estimate of drug-likeness (QED) is 0.831. The number of likely N-dealkylation sites (tertiary alicyclic amines) is 1. The minimum Gasteiger partial charge on any atom is -0.390 e. The summed E-state index contributed by atoms with van der Waals surface area (Å²) in [5.41, 5.74) is 0. The van der Waals surface area contributed by atoms with Gasteiger partial charge in [-0.3, -0.25) is 9.80 Å². The van der Waals surface area contributed by atoms with Crippen molar-refractivity contribution in [2.24, 2.45) is 13.0 Å². The molecule has 2 aliphatic rings. The molecular formula is C19H35N5O. The number of aromatic nitrogens is 2. The summed E-state index contributed by atoms with van der Waals surface area (Å²) in [4.78, 5) is 11.8. The molecule has 0 unspecified atom stereocenters. The van der Waals surface area contributed by atoms with Crippen molar-refractivity contribution in [3.8, 4) is 0 Å². The summed E-state index contributed by atoms with van der Waals surface area (Å²) in [5.74, 6) is 1.97. The summed E-state index contributed by atoms with van der Waals surface area (Å²) in [7, 11) is 2.06. The lowest BCUT2D eigenvalue weighted by atomic mass is 9.99. The van der Waals surface area contributed by atoms with Gasteiger partial charge < -0.3 is 14.6 Å². The molecule has 25 heavy (non-hydrogen) atoms. The van der Waals surface area contributed by atoms with E-state index >= 15 is 0 Å². The molecule has 1 N–H and O–H groups in total. The Morgan fingerprint density at radius 2 is 1.84 bits per heavy atom. The van der Waals surface area contributed by atoms with Crippen molar-refractivity contribution < 1.29 is 5.11 Å². The van der Waals surface area contributed by atoms with Gasteiger partial charge in [0.2, 0.25) is 0 Å². The standard InChI is InChI=1S/C19H35N5O/c1-16-4-7-22(8-5-16)13-18(25)14-23-10-11-24(17(2)12-23)15-19-20-6-9-21(19)3/h6,9,16-18,25H,4-5,7-8,10-15H2,1-3H3/t17-,18+/m0/s1. The second kappa shape index (κ2) is 8.62. The van der Waals surface area contributed by atoms with Crippen LogP contribution >= 0.6 is 0 Å². The molecule has 2 saturated heterocycles. The Labute approximate surface area is 152 Å². The maximum Gasteiger partial charge on any atom is 0.122 e. The molecule has 0 saturated carbocycles. The molecular weight excluding hydrogens is 314 g/mol. The summed E-state index contributed by atoms with van der Waals surface area (Å²) in [6.07, 6.45) is 6.19. The zero-order valence-electron chi connectivity index (χ0n) is 16.1. The van der Waals surface area contributed by atoms with Crippen LogP contribution in [-0.4, -0.2) is 87.3 Å². The maximum atomic E-state index is 10.5. The Bertz CT molecular complexity index is 526. The molecule has 1 aromatic rings. The van der Waals surface area contributed by atoms with Crippen molar-refractivity contribution in [2.45, 2.75) is 45.4 Å². The van der Waals surface area contributed by atoms with Crippen molar-refractivity contribution in [3.63, 3.8) is 0 Å². The molecule has 0 bridgehead atoms. The number of aliphatic hydroxyl groups is 1. The zero-order chi connectivity index (χ0) is 17.8. The van der Waals surface area contributed by atoms with Gasteiger partial charge in [0, 0.05) is 58.2 Å². The van der Waals surface area contributed by atoms with E-state index in [9.17, 15) is 5.11 Å². The first kappa shape index (κ1) is 18.8. The van der Waals surface area contributed by atoms with E-state index in [1.165, 1.54) is 12.8 Å². The lowest BCUT2D eigenvalue weighted by Gasteiger charge is -2.41. The van der Waals surface area contributed by atoms with E-state index < -0.39 is 0 Å². The van der Waals surface area contributed by atoms with Gasteiger partial charge in [-0.1, -0.05) is 6.92 Å². The maximum absolute atomic E-state index is 10.5. The first-order valence-electron chi connectivity index (χ1n) is 9.84. The monoisotopic (exact) mass is 349 g/mol. The van der Waals surface area contributed by atoms with Crippen molar-refractivity contribution in [3.05, 3.63) is 18.2 Å². The average Bonchev–Trinajstić information content (AvgIpc) is 2.97. The molecule has 142 valence electrons. The Balaban J connectivity index is 1.41. The average molecular weight is 350 g/mol. The van der Waals surface area contributed by atoms with E-state index in [2.05, 4.69) is 45.1 Å². The molecule has 2 aliphatic heterocycles. The molecule has 0 aliphatic carbocycles. The minimum atomic E-state index is -0.235. The van der Waals surface area contributed by atoms with Gasteiger partial charge >= 0.3 is 0 Å². The topological polar surface area (TPSA) is 47.8 Å². The zero-order valence-corrected chi connectivity index (χ0v) is 16.1. The highest BCUT2D eigenvalue weighted by Gasteiger charge is 2.26. The molecule has 6 heteroatoms. The highest BCUT2D eigenvalue weighted by Crippen LogP contribution is 2.17. The summed E-state index contributed by atoms with van der Waals surface area (Å²) in [6.45, 7) is 12.5. The molecule has 2 fully saturated rings. The first-order valence-corrected chi connectivity index (χ1v) is 9.84. The summed E-state index contributed by atoms with van der Waals surface area (Å²) < 4.78 is 2.10. The second-order valence-electron chi connectivity index (χ2n) is 8.17. The van der Waals surface area contributed by atoms with E-state index in [4.69, 9.17) is 0 Å². The lowest BCUT2D eigenvalue weighted by Crippen LogP contribution is -2.54. The fourth-order valence-electron chi connectivity index (χ4n) is 4.10. The molecule has 2 atom stereocenters. The first-order chi connectivity index (χ1) is 12.0. The van der Waals surface area contributed by atoms with Crippen LogP contribution in [0.25, 0.3) is 0 Å². The van der Waals surface area contributed by atoms with Crippen LogP contribution in [-0.2, 0) is 13.6 Å². The van der Waals surface area contributed by atoms with Gasteiger partial charge in [0.05, 0.1) is 12.6 Å². The largest absolute Gasteiger partial charge is 0.390 e. The normalized spacial score (nSPS) is 26.2. The minimum absolute atomic E-state index is 0.235. The van der Waals surface area contributed by atoms with E-state index in [1.807, 2.05) is 12.4 Å². The van der Waals surface area contributed by atoms with Gasteiger partial charge in [-0.05, 0) is 38.8 Å².